The average molecular weight is 252 g/mol. The summed E-state index contributed by atoms with van der Waals surface area (Å²) in [5.74, 6) is -0.0977. The molecule has 2 N–H and O–H groups in total. The van der Waals surface area contributed by atoms with Crippen LogP contribution in [0.5, 0.6) is 5.75 Å². The summed E-state index contributed by atoms with van der Waals surface area (Å²) in [4.78, 5) is 12.0. The second-order valence-corrected chi connectivity index (χ2v) is 4.04. The van der Waals surface area contributed by atoms with Crippen LogP contribution in [0.2, 0.25) is 0 Å². The molecule has 1 amide bonds. The van der Waals surface area contributed by atoms with Crippen molar-refractivity contribution in [1.82, 2.24) is 0 Å². The van der Waals surface area contributed by atoms with Crippen molar-refractivity contribution in [2.24, 2.45) is 0 Å². The third-order valence-electron chi connectivity index (χ3n) is 2.60. The maximum Gasteiger partial charge on any atom is 0.255 e. The molecule has 0 spiro atoms. The molecule has 0 unspecified atom stereocenters. The number of carbonyl (C=O) groups excluding carboxylic acids is 1. The number of nitrogens with one attached hydrogen (secondary N) is 1. The summed E-state index contributed by atoms with van der Waals surface area (Å²) < 4.78 is 0. The van der Waals surface area contributed by atoms with Crippen LogP contribution in [0.15, 0.2) is 48.5 Å². The van der Waals surface area contributed by atoms with Gasteiger partial charge in [-0.15, -0.1) is 0 Å². The number of phenols is 1. The molecule has 94 valence electrons. The molecule has 2 aromatic carbocycles. The number of aromatic hydroxyl groups is 1. The van der Waals surface area contributed by atoms with Crippen LogP contribution in [0.3, 0.4) is 0 Å². The van der Waals surface area contributed by atoms with Gasteiger partial charge in [-0.2, -0.15) is 5.26 Å². The van der Waals surface area contributed by atoms with Crippen LogP contribution in [0, 0.1) is 11.3 Å². The summed E-state index contributed by atoms with van der Waals surface area (Å²) in [6.45, 7) is 0. The molecular formula is C15H12N2O2. The zero-order valence-corrected chi connectivity index (χ0v) is 10.1. The molecule has 0 radical (unpaired) electrons. The molecule has 0 bridgehead atoms. The first-order chi connectivity index (χ1) is 9.19. The SMILES string of the molecule is N#CCc1cccc(C(=O)Nc2ccc(O)cc2)c1. The number of hydrogen-bond donors (Lipinski definition) is 2. The van der Waals surface area contributed by atoms with Gasteiger partial charge in [0.25, 0.3) is 5.91 Å². The first kappa shape index (κ1) is 12.7. The third kappa shape index (κ3) is 3.33. The predicted molar refractivity (Wildman–Crippen MR) is 71.8 cm³/mol. The van der Waals surface area contributed by atoms with E-state index in [1.165, 1.54) is 12.1 Å². The number of hydrogen-bond acceptors (Lipinski definition) is 3. The second kappa shape index (κ2) is 5.69. The molecular weight excluding hydrogens is 240 g/mol. The van der Waals surface area contributed by atoms with Gasteiger partial charge in [-0.3, -0.25) is 4.79 Å². The standard InChI is InChI=1S/C15H12N2O2/c16-9-8-11-2-1-3-12(10-11)15(19)17-13-4-6-14(18)7-5-13/h1-7,10,18H,8H2,(H,17,19). The number of anilines is 1. The van der Waals surface area contributed by atoms with Gasteiger partial charge < -0.3 is 10.4 Å². The smallest absolute Gasteiger partial charge is 0.255 e. The zero-order valence-electron chi connectivity index (χ0n) is 10.1. The Morgan fingerprint density at radius 3 is 2.63 bits per heavy atom. The molecule has 0 atom stereocenters. The van der Waals surface area contributed by atoms with Crippen molar-refractivity contribution in [2.75, 3.05) is 5.32 Å². The molecule has 4 nitrogen and oxygen atoms in total. The van der Waals surface area contributed by atoms with Gasteiger partial charge in [-0.05, 0) is 42.0 Å². The van der Waals surface area contributed by atoms with E-state index >= 15 is 0 Å². The zero-order chi connectivity index (χ0) is 13.7. The monoisotopic (exact) mass is 252 g/mol. The summed E-state index contributed by atoms with van der Waals surface area (Å²) in [6, 6.07) is 15.2. The molecule has 0 aliphatic carbocycles. The van der Waals surface area contributed by atoms with Gasteiger partial charge in [-0.1, -0.05) is 12.1 Å². The van der Waals surface area contributed by atoms with Gasteiger partial charge >= 0.3 is 0 Å². The number of amides is 1. The van der Waals surface area contributed by atoms with E-state index in [9.17, 15) is 4.79 Å². The highest BCUT2D eigenvalue weighted by molar-refractivity contribution is 6.04. The van der Waals surface area contributed by atoms with Gasteiger partial charge in [0.2, 0.25) is 0 Å². The van der Waals surface area contributed by atoms with Crippen molar-refractivity contribution in [2.45, 2.75) is 6.42 Å². The van der Waals surface area contributed by atoms with Crippen LogP contribution in [0.25, 0.3) is 0 Å². The Labute approximate surface area is 110 Å². The second-order valence-electron chi connectivity index (χ2n) is 4.04. The molecule has 0 saturated carbocycles. The Morgan fingerprint density at radius 2 is 1.95 bits per heavy atom. The number of nitrogens with zero attached hydrogens (tertiary/aromatic N) is 1. The molecule has 0 fully saturated rings. The van der Waals surface area contributed by atoms with Gasteiger partial charge in [0.15, 0.2) is 0 Å². The lowest BCUT2D eigenvalue weighted by molar-refractivity contribution is 0.102. The maximum atomic E-state index is 12.0. The van der Waals surface area contributed by atoms with Gasteiger partial charge in [0.05, 0.1) is 12.5 Å². The average Bonchev–Trinajstić information content (AvgIpc) is 2.42. The molecule has 4 heteroatoms. The van der Waals surface area contributed by atoms with E-state index < -0.39 is 0 Å². The van der Waals surface area contributed by atoms with Crippen LogP contribution >= 0.6 is 0 Å². The van der Waals surface area contributed by atoms with Crippen molar-refractivity contribution in [3.63, 3.8) is 0 Å². The van der Waals surface area contributed by atoms with E-state index in [-0.39, 0.29) is 18.1 Å². The van der Waals surface area contributed by atoms with Crippen LogP contribution in [-0.4, -0.2) is 11.0 Å². The van der Waals surface area contributed by atoms with E-state index in [4.69, 9.17) is 10.4 Å². The molecule has 0 heterocycles. The molecule has 19 heavy (non-hydrogen) atoms. The Hall–Kier alpha value is -2.80. The van der Waals surface area contributed by atoms with Crippen molar-refractivity contribution in [1.29, 1.82) is 5.26 Å². The van der Waals surface area contributed by atoms with E-state index in [0.29, 0.717) is 11.3 Å². The van der Waals surface area contributed by atoms with E-state index in [1.54, 1.807) is 36.4 Å². The Kier molecular flexibility index (Phi) is 3.79. The highest BCUT2D eigenvalue weighted by Gasteiger charge is 2.06. The lowest BCUT2D eigenvalue weighted by Gasteiger charge is -2.06. The summed E-state index contributed by atoms with van der Waals surface area (Å²) in [5, 5.41) is 20.5. The number of rotatable bonds is 3. The molecule has 0 aliphatic rings. The summed E-state index contributed by atoms with van der Waals surface area (Å²) in [7, 11) is 0. The maximum absolute atomic E-state index is 12.0. The largest absolute Gasteiger partial charge is 0.508 e. The molecule has 0 saturated heterocycles. The summed E-state index contributed by atoms with van der Waals surface area (Å²) >= 11 is 0. The van der Waals surface area contributed by atoms with Gasteiger partial charge in [-0.25, -0.2) is 0 Å². The van der Waals surface area contributed by atoms with E-state index in [2.05, 4.69) is 5.32 Å². The predicted octanol–water partition coefficient (Wildman–Crippen LogP) is 2.71. The molecule has 2 rings (SSSR count). The first-order valence-corrected chi connectivity index (χ1v) is 5.75. The lowest BCUT2D eigenvalue weighted by atomic mass is 10.1. The highest BCUT2D eigenvalue weighted by atomic mass is 16.3. The van der Waals surface area contributed by atoms with E-state index in [1.807, 2.05) is 6.07 Å². The number of phenolic OH excluding ortho intramolecular Hbond substituents is 1. The third-order valence-corrected chi connectivity index (χ3v) is 2.60. The fourth-order valence-corrected chi connectivity index (χ4v) is 1.66. The summed E-state index contributed by atoms with van der Waals surface area (Å²) in [6.07, 6.45) is 0.278. The van der Waals surface area contributed by atoms with Crippen molar-refractivity contribution < 1.29 is 9.90 Å². The lowest BCUT2D eigenvalue weighted by Crippen LogP contribution is -2.11. The molecule has 0 aromatic heterocycles. The fraction of sp³-hybridized carbons (Fsp3) is 0.0667. The van der Waals surface area contributed by atoms with Crippen LogP contribution in [-0.2, 0) is 6.42 Å². The normalized spacial score (nSPS) is 9.63. The minimum absolute atomic E-state index is 0.147. The quantitative estimate of drug-likeness (QED) is 0.825. The van der Waals surface area contributed by atoms with Crippen LogP contribution < -0.4 is 5.32 Å². The molecule has 2 aromatic rings. The highest BCUT2D eigenvalue weighted by Crippen LogP contribution is 2.15. The minimum Gasteiger partial charge on any atom is -0.508 e. The van der Waals surface area contributed by atoms with Crippen molar-refractivity contribution >= 4 is 11.6 Å². The first-order valence-electron chi connectivity index (χ1n) is 5.75. The number of benzene rings is 2. The van der Waals surface area contributed by atoms with E-state index in [0.717, 1.165) is 5.56 Å². The fourth-order valence-electron chi connectivity index (χ4n) is 1.66. The topological polar surface area (TPSA) is 73.1 Å². The van der Waals surface area contributed by atoms with Crippen molar-refractivity contribution in [3.05, 3.63) is 59.7 Å². The summed E-state index contributed by atoms with van der Waals surface area (Å²) in [5.41, 5.74) is 1.91. The Morgan fingerprint density at radius 1 is 1.21 bits per heavy atom. The van der Waals surface area contributed by atoms with Crippen LogP contribution in [0.4, 0.5) is 5.69 Å². The molecule has 0 aliphatic heterocycles. The Bertz CT molecular complexity index is 627. The minimum atomic E-state index is -0.245. The Balaban J connectivity index is 2.13. The van der Waals surface area contributed by atoms with Gasteiger partial charge in [0.1, 0.15) is 5.75 Å². The van der Waals surface area contributed by atoms with Crippen LogP contribution in [0.1, 0.15) is 15.9 Å². The van der Waals surface area contributed by atoms with Crippen molar-refractivity contribution in [3.8, 4) is 11.8 Å². The number of nitriles is 1. The van der Waals surface area contributed by atoms with Gasteiger partial charge in [0, 0.05) is 11.3 Å². The number of carbonyl (C=O) groups is 1.